The summed E-state index contributed by atoms with van der Waals surface area (Å²) in [5.74, 6) is -1.99. The first kappa shape index (κ1) is 24.4. The Hall–Kier alpha value is -2.92. The molecule has 3 amide bonds. The number of thiazole rings is 1. The number of aromatic amines is 1. The number of imide groups is 1. The largest absolute Gasteiger partial charge is 0.462 e. The molecule has 194 valence electrons. The monoisotopic (exact) mass is 541 g/mol. The lowest BCUT2D eigenvalue weighted by molar-refractivity contribution is -0.143. The summed E-state index contributed by atoms with van der Waals surface area (Å²) >= 11 is 2.89. The van der Waals surface area contributed by atoms with E-state index in [2.05, 4.69) is 24.1 Å². The molecule has 3 fully saturated rings. The maximum absolute atomic E-state index is 13.5. The number of anilines is 1. The number of benzene rings is 1. The number of rotatable bonds is 5. The number of ether oxygens (including phenoxy) is 1. The average Bonchev–Trinajstić information content (AvgIpc) is 3.58. The molecular formula is C26H27N3O6S2. The number of aromatic nitrogens is 1. The number of nitrogens with one attached hydrogen (secondary N) is 2. The van der Waals surface area contributed by atoms with E-state index in [9.17, 15) is 24.0 Å². The quantitative estimate of drug-likeness (QED) is 0.440. The number of carbonyl (C=O) groups is 4. The van der Waals surface area contributed by atoms with Gasteiger partial charge in [0.15, 0.2) is 0 Å². The normalized spacial score (nSPS) is 30.6. The second-order valence-corrected chi connectivity index (χ2v) is 12.9. The van der Waals surface area contributed by atoms with Gasteiger partial charge in [-0.1, -0.05) is 25.2 Å². The molecule has 37 heavy (non-hydrogen) atoms. The molecule has 6 rings (SSSR count). The second kappa shape index (κ2) is 8.56. The van der Waals surface area contributed by atoms with Crippen molar-refractivity contribution in [2.75, 3.05) is 18.5 Å². The summed E-state index contributed by atoms with van der Waals surface area (Å²) in [4.78, 5) is 68.7. The van der Waals surface area contributed by atoms with Crippen LogP contribution in [0.2, 0.25) is 0 Å². The van der Waals surface area contributed by atoms with Gasteiger partial charge in [-0.15, -0.1) is 11.8 Å². The van der Waals surface area contributed by atoms with Gasteiger partial charge in [-0.25, -0.2) is 4.79 Å². The Morgan fingerprint density at radius 3 is 2.46 bits per heavy atom. The van der Waals surface area contributed by atoms with Gasteiger partial charge in [-0.2, -0.15) is 0 Å². The number of carbonyl (C=O) groups excluding carboxylic acids is 4. The van der Waals surface area contributed by atoms with E-state index >= 15 is 0 Å². The molecule has 6 atom stereocenters. The number of likely N-dealkylation sites (tertiary alicyclic amines) is 1. The van der Waals surface area contributed by atoms with Crippen LogP contribution in [0.5, 0.6) is 0 Å². The predicted octanol–water partition coefficient (Wildman–Crippen LogP) is 2.87. The van der Waals surface area contributed by atoms with Crippen LogP contribution in [0.4, 0.5) is 5.69 Å². The lowest BCUT2D eigenvalue weighted by atomic mass is 9.64. The number of hydrogen-bond donors (Lipinski definition) is 2. The van der Waals surface area contributed by atoms with Crippen LogP contribution in [-0.4, -0.2) is 52.0 Å². The Balaban J connectivity index is 1.18. The molecule has 1 aromatic carbocycles. The highest BCUT2D eigenvalue weighted by Crippen LogP contribution is 2.68. The van der Waals surface area contributed by atoms with Crippen LogP contribution in [0.1, 0.15) is 42.4 Å². The summed E-state index contributed by atoms with van der Waals surface area (Å²) in [5.41, 5.74) is 0.555. The zero-order chi connectivity index (χ0) is 26.2. The summed E-state index contributed by atoms with van der Waals surface area (Å²) in [6.45, 7) is 5.94. The van der Waals surface area contributed by atoms with Gasteiger partial charge in [0.05, 0.1) is 29.0 Å². The summed E-state index contributed by atoms with van der Waals surface area (Å²) in [7, 11) is 0. The van der Waals surface area contributed by atoms with Crippen molar-refractivity contribution in [3.63, 3.8) is 0 Å². The Bertz CT molecular complexity index is 1380. The van der Waals surface area contributed by atoms with Gasteiger partial charge < -0.3 is 15.0 Å². The highest BCUT2D eigenvalue weighted by atomic mass is 32.2. The third-order valence-corrected chi connectivity index (χ3v) is 11.3. The summed E-state index contributed by atoms with van der Waals surface area (Å²) in [6, 6.07) is 6.27. The number of amides is 3. The molecule has 9 nitrogen and oxygen atoms in total. The molecule has 2 N–H and O–H groups in total. The zero-order valence-electron chi connectivity index (χ0n) is 20.6. The number of esters is 1. The van der Waals surface area contributed by atoms with Gasteiger partial charge in [0.25, 0.3) is 0 Å². The molecular weight excluding hydrogens is 514 g/mol. The number of hydrogen-bond acceptors (Lipinski definition) is 8. The van der Waals surface area contributed by atoms with Crippen molar-refractivity contribution in [3.05, 3.63) is 44.4 Å². The molecule has 4 aliphatic rings. The van der Waals surface area contributed by atoms with E-state index in [1.807, 2.05) is 0 Å². The van der Waals surface area contributed by atoms with Gasteiger partial charge in [-0.05, 0) is 55.4 Å². The van der Waals surface area contributed by atoms with Crippen molar-refractivity contribution >= 4 is 52.5 Å². The van der Waals surface area contributed by atoms with Crippen molar-refractivity contribution in [1.82, 2.24) is 9.88 Å². The first-order valence-corrected chi connectivity index (χ1v) is 14.1. The number of nitrogens with zero attached hydrogens (tertiary/aromatic N) is 1. The van der Waals surface area contributed by atoms with E-state index in [-0.39, 0.29) is 58.3 Å². The number of fused-ring (bicyclic) bond motifs is 9. The maximum atomic E-state index is 13.5. The Labute approximate surface area is 221 Å². The smallest absolute Gasteiger partial charge is 0.338 e. The molecule has 1 aromatic heterocycles. The van der Waals surface area contributed by atoms with Gasteiger partial charge >= 0.3 is 10.8 Å². The van der Waals surface area contributed by atoms with E-state index < -0.39 is 23.7 Å². The van der Waals surface area contributed by atoms with Crippen LogP contribution in [0.3, 0.4) is 0 Å². The van der Waals surface area contributed by atoms with E-state index in [0.717, 1.165) is 21.2 Å². The van der Waals surface area contributed by atoms with E-state index in [1.165, 1.54) is 11.3 Å². The highest BCUT2D eigenvalue weighted by molar-refractivity contribution is 8.00. The Morgan fingerprint density at radius 1 is 1.11 bits per heavy atom. The molecule has 2 bridgehead atoms. The second-order valence-electron chi connectivity index (χ2n) is 10.7. The fourth-order valence-corrected chi connectivity index (χ4v) is 10.3. The van der Waals surface area contributed by atoms with E-state index in [1.54, 1.807) is 43.0 Å². The third-order valence-electron chi connectivity index (χ3n) is 8.46. The minimum Gasteiger partial charge on any atom is -0.462 e. The van der Waals surface area contributed by atoms with Crippen LogP contribution in [0.15, 0.2) is 34.1 Å². The van der Waals surface area contributed by atoms with Crippen LogP contribution < -0.4 is 10.2 Å². The fourth-order valence-electron chi connectivity index (χ4n) is 7.12. The predicted molar refractivity (Wildman–Crippen MR) is 137 cm³/mol. The first-order chi connectivity index (χ1) is 17.6. The molecule has 11 heteroatoms. The van der Waals surface area contributed by atoms with Crippen molar-refractivity contribution in [3.8, 4) is 0 Å². The molecule has 2 saturated carbocycles. The maximum Gasteiger partial charge on any atom is 0.338 e. The molecule has 1 saturated heterocycles. The van der Waals surface area contributed by atoms with Gasteiger partial charge in [0, 0.05) is 21.2 Å². The van der Waals surface area contributed by atoms with Crippen LogP contribution >= 0.6 is 23.1 Å². The lowest BCUT2D eigenvalue weighted by Crippen LogP contribution is -2.48. The van der Waals surface area contributed by atoms with E-state index in [0.29, 0.717) is 11.3 Å². The van der Waals surface area contributed by atoms with Crippen LogP contribution in [0, 0.1) is 29.6 Å². The Morgan fingerprint density at radius 2 is 1.78 bits per heavy atom. The summed E-state index contributed by atoms with van der Waals surface area (Å²) < 4.78 is 4.96. The molecule has 0 radical (unpaired) electrons. The van der Waals surface area contributed by atoms with Gasteiger partial charge in [0.2, 0.25) is 17.7 Å². The molecule has 2 aliphatic carbocycles. The SMILES string of the molecule is CCOC(=O)c1ccc(NC(=O)CN2C(=O)[C@H]3[C@@H]4C[C@H]([C@@H]3C2=O)[C@@H]2[C@@H]4Sc3[nH]c(=O)sc3C2(C)C)cc1. The topological polar surface area (TPSA) is 126 Å². The van der Waals surface area contributed by atoms with Crippen LogP contribution in [-0.2, 0) is 24.5 Å². The zero-order valence-corrected chi connectivity index (χ0v) is 22.2. The molecule has 2 aliphatic heterocycles. The lowest BCUT2D eigenvalue weighted by Gasteiger charge is -2.47. The molecule has 0 unspecified atom stereocenters. The van der Waals surface area contributed by atoms with Gasteiger partial charge in [-0.3, -0.25) is 24.1 Å². The van der Waals surface area contributed by atoms with Crippen molar-refractivity contribution in [2.45, 2.75) is 42.9 Å². The first-order valence-electron chi connectivity index (χ1n) is 12.4. The molecule has 3 heterocycles. The van der Waals surface area contributed by atoms with E-state index in [4.69, 9.17) is 4.74 Å². The van der Waals surface area contributed by atoms with Gasteiger partial charge in [0.1, 0.15) is 6.54 Å². The Kier molecular flexibility index (Phi) is 5.65. The molecule has 2 aromatic rings. The average molecular weight is 542 g/mol. The fraction of sp³-hybridized carbons (Fsp3) is 0.500. The van der Waals surface area contributed by atoms with Crippen molar-refractivity contribution < 1.29 is 23.9 Å². The summed E-state index contributed by atoms with van der Waals surface area (Å²) in [5, 5.41) is 3.77. The summed E-state index contributed by atoms with van der Waals surface area (Å²) in [6.07, 6.45) is 0.824. The minimum atomic E-state index is -0.468. The minimum absolute atomic E-state index is 0.0424. The number of H-pyrrole nitrogens is 1. The third kappa shape index (κ3) is 3.61. The standard InChI is InChI=1S/C26H27N3O6S2/c1-4-35-24(33)11-5-7-12(8-6-11)27-15(30)10-29-22(31)16-13-9-14(17(16)23(29)32)19-18(13)26(2,3)20-21(36-19)28-25(34)37-20/h5-8,13-14,16-19H,4,9-10H2,1-3H3,(H,27,30)(H,28,34)/t13-,14+,16+,17+,18-,19-/m1/s1. The molecule has 0 spiro atoms. The number of thioether (sulfide) groups is 1. The highest BCUT2D eigenvalue weighted by Gasteiger charge is 2.70. The van der Waals surface area contributed by atoms with Crippen molar-refractivity contribution in [1.29, 1.82) is 0 Å². The van der Waals surface area contributed by atoms with Crippen LogP contribution in [0.25, 0.3) is 0 Å². The van der Waals surface area contributed by atoms with Crippen molar-refractivity contribution in [2.24, 2.45) is 29.6 Å².